The van der Waals surface area contributed by atoms with Crippen LogP contribution in [-0.4, -0.2) is 28.5 Å². The summed E-state index contributed by atoms with van der Waals surface area (Å²) in [5.74, 6) is 0.368. The zero-order valence-electron chi connectivity index (χ0n) is 13.1. The third-order valence-corrected chi connectivity index (χ3v) is 4.30. The molecule has 1 aromatic carbocycles. The van der Waals surface area contributed by atoms with Gasteiger partial charge < -0.3 is 15.2 Å². The zero-order valence-corrected chi connectivity index (χ0v) is 13.1. The first-order chi connectivity index (χ1) is 11.1. The summed E-state index contributed by atoms with van der Waals surface area (Å²) in [7, 11) is 1.87. The molecule has 0 bridgehead atoms. The van der Waals surface area contributed by atoms with Gasteiger partial charge in [0.1, 0.15) is 17.7 Å². The Hall–Kier alpha value is -2.21. The number of imidazole rings is 1. The molecule has 0 saturated carbocycles. The minimum Gasteiger partial charge on any atom is -0.342 e. The van der Waals surface area contributed by atoms with Gasteiger partial charge in [0.25, 0.3) is 0 Å². The Morgan fingerprint density at radius 3 is 2.87 bits per heavy atom. The van der Waals surface area contributed by atoms with Crippen molar-refractivity contribution in [2.24, 2.45) is 13.0 Å². The molecule has 1 aromatic heterocycles. The molecular formula is C17H21FN4O. The summed E-state index contributed by atoms with van der Waals surface area (Å²) in [6.07, 6.45) is 5.14. The molecule has 1 aliphatic rings. The number of aromatic nitrogens is 2. The van der Waals surface area contributed by atoms with Crippen molar-refractivity contribution in [1.29, 1.82) is 0 Å². The first-order valence-electron chi connectivity index (χ1n) is 7.89. The van der Waals surface area contributed by atoms with Crippen LogP contribution in [0, 0.1) is 11.7 Å². The molecule has 5 nitrogen and oxygen atoms in total. The largest absolute Gasteiger partial charge is 0.342 e. The molecule has 1 atom stereocenters. The minimum absolute atomic E-state index is 0.00348. The quantitative estimate of drug-likeness (QED) is 0.904. The van der Waals surface area contributed by atoms with Gasteiger partial charge in [0.2, 0.25) is 5.91 Å². The number of carbonyl (C=O) groups is 1. The summed E-state index contributed by atoms with van der Waals surface area (Å²) in [4.78, 5) is 16.9. The zero-order chi connectivity index (χ0) is 16.2. The van der Waals surface area contributed by atoms with E-state index in [2.05, 4.69) is 15.6 Å². The summed E-state index contributed by atoms with van der Waals surface area (Å²) >= 11 is 0. The molecule has 1 unspecified atom stereocenters. The van der Waals surface area contributed by atoms with Gasteiger partial charge in [0, 0.05) is 25.4 Å². The van der Waals surface area contributed by atoms with E-state index in [1.165, 1.54) is 12.1 Å². The molecule has 122 valence electrons. The first kappa shape index (κ1) is 15.7. The van der Waals surface area contributed by atoms with Crippen molar-refractivity contribution in [3.05, 3.63) is 53.9 Å². The van der Waals surface area contributed by atoms with Gasteiger partial charge in [-0.05, 0) is 43.6 Å². The van der Waals surface area contributed by atoms with Crippen LogP contribution in [0.1, 0.15) is 30.3 Å². The predicted octanol–water partition coefficient (Wildman–Crippen LogP) is 1.76. The van der Waals surface area contributed by atoms with Crippen molar-refractivity contribution in [3.8, 4) is 0 Å². The highest BCUT2D eigenvalue weighted by atomic mass is 19.1. The van der Waals surface area contributed by atoms with E-state index in [-0.39, 0.29) is 17.6 Å². The Labute approximate surface area is 134 Å². The lowest BCUT2D eigenvalue weighted by Gasteiger charge is -2.25. The molecule has 2 N–H and O–H groups in total. The van der Waals surface area contributed by atoms with Crippen molar-refractivity contribution < 1.29 is 9.18 Å². The van der Waals surface area contributed by atoms with E-state index in [0.717, 1.165) is 25.9 Å². The fourth-order valence-electron chi connectivity index (χ4n) is 2.98. The molecule has 1 amide bonds. The number of nitrogens with one attached hydrogen (secondary N) is 2. The topological polar surface area (TPSA) is 59.0 Å². The van der Waals surface area contributed by atoms with Crippen LogP contribution >= 0.6 is 0 Å². The SMILES string of the molecule is Cn1ccnc1C(NC(=O)C1CCNCC1)c1cccc(F)c1. The smallest absolute Gasteiger partial charge is 0.224 e. The number of amides is 1. The van der Waals surface area contributed by atoms with Gasteiger partial charge in [-0.2, -0.15) is 0 Å². The van der Waals surface area contributed by atoms with E-state index >= 15 is 0 Å². The lowest BCUT2D eigenvalue weighted by atomic mass is 9.96. The Bertz CT molecular complexity index is 679. The van der Waals surface area contributed by atoms with Crippen LogP contribution in [0.2, 0.25) is 0 Å². The van der Waals surface area contributed by atoms with E-state index < -0.39 is 6.04 Å². The number of benzene rings is 1. The van der Waals surface area contributed by atoms with E-state index in [1.807, 2.05) is 23.9 Å². The van der Waals surface area contributed by atoms with Crippen molar-refractivity contribution in [3.63, 3.8) is 0 Å². The third-order valence-electron chi connectivity index (χ3n) is 4.30. The fraction of sp³-hybridized carbons (Fsp3) is 0.412. The second-order valence-electron chi connectivity index (χ2n) is 5.92. The van der Waals surface area contributed by atoms with Crippen molar-refractivity contribution in [1.82, 2.24) is 20.2 Å². The second kappa shape index (κ2) is 6.91. The molecule has 0 radical (unpaired) electrons. The predicted molar refractivity (Wildman–Crippen MR) is 85.2 cm³/mol. The number of piperidine rings is 1. The lowest BCUT2D eigenvalue weighted by Crippen LogP contribution is -2.40. The summed E-state index contributed by atoms with van der Waals surface area (Å²) < 4.78 is 15.5. The Balaban J connectivity index is 1.86. The summed E-state index contributed by atoms with van der Waals surface area (Å²) in [5.41, 5.74) is 0.696. The van der Waals surface area contributed by atoms with Crippen molar-refractivity contribution in [2.45, 2.75) is 18.9 Å². The number of halogens is 1. The molecule has 1 saturated heterocycles. The summed E-state index contributed by atoms with van der Waals surface area (Å²) in [6.45, 7) is 1.70. The number of rotatable bonds is 4. The molecule has 0 spiro atoms. The number of carbonyl (C=O) groups excluding carboxylic acids is 1. The maximum Gasteiger partial charge on any atom is 0.224 e. The van der Waals surface area contributed by atoms with Gasteiger partial charge in [-0.3, -0.25) is 4.79 Å². The van der Waals surface area contributed by atoms with Crippen LogP contribution in [0.15, 0.2) is 36.7 Å². The van der Waals surface area contributed by atoms with Gasteiger partial charge >= 0.3 is 0 Å². The molecule has 3 rings (SSSR count). The first-order valence-corrected chi connectivity index (χ1v) is 7.89. The monoisotopic (exact) mass is 316 g/mol. The summed E-state index contributed by atoms with van der Waals surface area (Å²) in [5, 5.41) is 6.31. The molecular weight excluding hydrogens is 295 g/mol. The molecule has 2 aromatic rings. The number of hydrogen-bond donors (Lipinski definition) is 2. The maximum absolute atomic E-state index is 13.6. The number of nitrogens with zero attached hydrogens (tertiary/aromatic N) is 2. The Kier molecular flexibility index (Phi) is 4.71. The minimum atomic E-state index is -0.451. The fourth-order valence-corrected chi connectivity index (χ4v) is 2.98. The standard InChI is InChI=1S/C17H21FN4O/c1-22-10-9-20-16(22)15(13-3-2-4-14(18)11-13)21-17(23)12-5-7-19-8-6-12/h2-4,9-12,15,19H,5-8H2,1H3,(H,21,23). The lowest BCUT2D eigenvalue weighted by molar-refractivity contribution is -0.126. The van der Waals surface area contributed by atoms with E-state index in [4.69, 9.17) is 0 Å². The van der Waals surface area contributed by atoms with E-state index in [1.54, 1.807) is 12.3 Å². The molecule has 23 heavy (non-hydrogen) atoms. The van der Waals surface area contributed by atoms with Crippen LogP contribution < -0.4 is 10.6 Å². The van der Waals surface area contributed by atoms with Crippen LogP contribution in [-0.2, 0) is 11.8 Å². The average Bonchev–Trinajstić information content (AvgIpc) is 2.99. The Morgan fingerprint density at radius 2 is 2.22 bits per heavy atom. The highest BCUT2D eigenvalue weighted by molar-refractivity contribution is 5.79. The van der Waals surface area contributed by atoms with Crippen LogP contribution in [0.4, 0.5) is 4.39 Å². The van der Waals surface area contributed by atoms with Gasteiger partial charge in [-0.25, -0.2) is 9.37 Å². The second-order valence-corrected chi connectivity index (χ2v) is 5.92. The average molecular weight is 316 g/mol. The van der Waals surface area contributed by atoms with Crippen molar-refractivity contribution >= 4 is 5.91 Å². The maximum atomic E-state index is 13.6. The van der Waals surface area contributed by atoms with Crippen LogP contribution in [0.3, 0.4) is 0 Å². The highest BCUT2D eigenvalue weighted by Crippen LogP contribution is 2.23. The number of hydrogen-bond acceptors (Lipinski definition) is 3. The number of aryl methyl sites for hydroxylation is 1. The third kappa shape index (κ3) is 3.59. The normalized spacial score (nSPS) is 17.0. The molecule has 2 heterocycles. The molecule has 6 heteroatoms. The molecule has 1 fully saturated rings. The van der Waals surface area contributed by atoms with E-state index in [9.17, 15) is 9.18 Å². The van der Waals surface area contributed by atoms with Gasteiger partial charge in [0.05, 0.1) is 0 Å². The van der Waals surface area contributed by atoms with Crippen molar-refractivity contribution in [2.75, 3.05) is 13.1 Å². The molecule has 0 aliphatic carbocycles. The highest BCUT2D eigenvalue weighted by Gasteiger charge is 2.26. The van der Waals surface area contributed by atoms with Gasteiger partial charge in [-0.1, -0.05) is 12.1 Å². The van der Waals surface area contributed by atoms with Crippen LogP contribution in [0.5, 0.6) is 0 Å². The van der Waals surface area contributed by atoms with Gasteiger partial charge in [-0.15, -0.1) is 0 Å². The van der Waals surface area contributed by atoms with Gasteiger partial charge in [0.15, 0.2) is 0 Å². The van der Waals surface area contributed by atoms with E-state index in [0.29, 0.717) is 11.4 Å². The Morgan fingerprint density at radius 1 is 1.43 bits per heavy atom. The molecule has 1 aliphatic heterocycles. The summed E-state index contributed by atoms with van der Waals surface area (Å²) in [6, 6.07) is 5.85. The van der Waals surface area contributed by atoms with Crippen LogP contribution in [0.25, 0.3) is 0 Å².